The number of nitrogen functional groups attached to an aromatic ring is 1. The van der Waals surface area contributed by atoms with Gasteiger partial charge in [-0.2, -0.15) is 15.0 Å². The van der Waals surface area contributed by atoms with E-state index in [9.17, 15) is 0 Å². The average molecular weight is 395 g/mol. The van der Waals surface area contributed by atoms with Crippen LogP contribution >= 0.6 is 0 Å². The summed E-state index contributed by atoms with van der Waals surface area (Å²) < 4.78 is 10.8. The van der Waals surface area contributed by atoms with Gasteiger partial charge in [0, 0.05) is 26.2 Å². The van der Waals surface area contributed by atoms with Gasteiger partial charge in [0.15, 0.2) is 0 Å². The fourth-order valence-corrected chi connectivity index (χ4v) is 3.40. The predicted octanol–water partition coefficient (Wildman–Crippen LogP) is 1.99. The van der Waals surface area contributed by atoms with Gasteiger partial charge < -0.3 is 25.1 Å². The number of furan rings is 1. The van der Waals surface area contributed by atoms with Crippen LogP contribution in [-0.4, -0.2) is 53.1 Å². The second kappa shape index (κ2) is 8.78. The van der Waals surface area contributed by atoms with Gasteiger partial charge in [-0.25, -0.2) is 0 Å². The van der Waals surface area contributed by atoms with Crippen molar-refractivity contribution in [2.45, 2.75) is 13.1 Å². The Labute approximate surface area is 169 Å². The lowest BCUT2D eigenvalue weighted by molar-refractivity contribution is 0.243. The Hall–Kier alpha value is -3.33. The predicted molar refractivity (Wildman–Crippen MR) is 111 cm³/mol. The van der Waals surface area contributed by atoms with E-state index in [0.29, 0.717) is 24.9 Å². The zero-order valence-electron chi connectivity index (χ0n) is 16.4. The molecule has 0 saturated carbocycles. The van der Waals surface area contributed by atoms with Crippen LogP contribution < -0.4 is 20.7 Å². The van der Waals surface area contributed by atoms with Crippen molar-refractivity contribution in [3.63, 3.8) is 0 Å². The lowest BCUT2D eigenvalue weighted by Crippen LogP contribution is -2.46. The maximum absolute atomic E-state index is 5.88. The number of aromatic nitrogens is 3. The van der Waals surface area contributed by atoms with Crippen LogP contribution in [-0.2, 0) is 13.1 Å². The first-order valence-corrected chi connectivity index (χ1v) is 9.58. The van der Waals surface area contributed by atoms with Crippen LogP contribution in [0.2, 0.25) is 0 Å². The molecule has 0 atom stereocenters. The molecule has 3 heterocycles. The molecule has 1 aromatic carbocycles. The van der Waals surface area contributed by atoms with Gasteiger partial charge in [-0.3, -0.25) is 4.90 Å². The van der Waals surface area contributed by atoms with E-state index in [-0.39, 0.29) is 5.95 Å². The zero-order chi connectivity index (χ0) is 20.1. The van der Waals surface area contributed by atoms with Crippen molar-refractivity contribution in [3.05, 3.63) is 54.2 Å². The Morgan fingerprint density at radius 2 is 1.90 bits per heavy atom. The minimum absolute atomic E-state index is 0.213. The lowest BCUT2D eigenvalue weighted by atomic mass is 10.2. The van der Waals surface area contributed by atoms with E-state index in [1.807, 2.05) is 30.3 Å². The monoisotopic (exact) mass is 395 g/mol. The summed E-state index contributed by atoms with van der Waals surface area (Å²) in [6, 6.07) is 11.8. The molecule has 4 rings (SSSR count). The van der Waals surface area contributed by atoms with Crippen LogP contribution in [0.15, 0.2) is 47.1 Å². The summed E-state index contributed by atoms with van der Waals surface area (Å²) in [5.41, 5.74) is 7.01. The molecule has 0 radical (unpaired) electrons. The molecule has 9 heteroatoms. The zero-order valence-corrected chi connectivity index (χ0v) is 16.4. The van der Waals surface area contributed by atoms with E-state index in [4.69, 9.17) is 14.9 Å². The maximum atomic E-state index is 5.88. The van der Waals surface area contributed by atoms with Crippen LogP contribution in [0.25, 0.3) is 0 Å². The molecule has 1 saturated heterocycles. The number of hydrogen-bond acceptors (Lipinski definition) is 9. The largest absolute Gasteiger partial charge is 0.495 e. The van der Waals surface area contributed by atoms with Gasteiger partial charge in [-0.05, 0) is 24.3 Å². The molecule has 3 aromatic rings. The van der Waals surface area contributed by atoms with E-state index in [2.05, 4.69) is 36.1 Å². The van der Waals surface area contributed by atoms with Crippen molar-refractivity contribution in [1.29, 1.82) is 0 Å². The summed E-state index contributed by atoms with van der Waals surface area (Å²) in [6.45, 7) is 4.74. The van der Waals surface area contributed by atoms with Crippen molar-refractivity contribution >= 4 is 17.6 Å². The minimum atomic E-state index is 0.213. The normalized spacial score (nSPS) is 14.7. The highest BCUT2D eigenvalue weighted by Gasteiger charge is 2.20. The van der Waals surface area contributed by atoms with Gasteiger partial charge in [0.25, 0.3) is 0 Å². The average Bonchev–Trinajstić information content (AvgIpc) is 3.26. The fourth-order valence-electron chi connectivity index (χ4n) is 3.40. The Morgan fingerprint density at radius 1 is 1.07 bits per heavy atom. The van der Waals surface area contributed by atoms with Crippen molar-refractivity contribution in [2.24, 2.45) is 0 Å². The molecule has 9 nitrogen and oxygen atoms in total. The minimum Gasteiger partial charge on any atom is -0.495 e. The van der Waals surface area contributed by atoms with Crippen molar-refractivity contribution in [1.82, 2.24) is 19.9 Å². The third-order valence-electron chi connectivity index (χ3n) is 4.86. The van der Waals surface area contributed by atoms with Gasteiger partial charge >= 0.3 is 0 Å². The summed E-state index contributed by atoms with van der Waals surface area (Å²) in [7, 11) is 1.71. The SMILES string of the molecule is COc1ccccc1N1CCN(Cc2nc(N)nc(NCc3ccco3)n2)CC1. The summed E-state index contributed by atoms with van der Waals surface area (Å²) in [4.78, 5) is 17.6. The molecule has 0 aliphatic carbocycles. The molecule has 0 spiro atoms. The van der Waals surface area contributed by atoms with E-state index in [1.54, 1.807) is 13.4 Å². The topological polar surface area (TPSA) is 106 Å². The van der Waals surface area contributed by atoms with Crippen LogP contribution in [0.3, 0.4) is 0 Å². The van der Waals surface area contributed by atoms with E-state index < -0.39 is 0 Å². The quantitative estimate of drug-likeness (QED) is 0.621. The van der Waals surface area contributed by atoms with Crippen molar-refractivity contribution in [2.75, 3.05) is 49.2 Å². The molecular formula is C20H25N7O2. The van der Waals surface area contributed by atoms with Gasteiger partial charge in [-0.15, -0.1) is 0 Å². The van der Waals surface area contributed by atoms with Crippen LogP contribution in [0.5, 0.6) is 5.75 Å². The number of nitrogens with one attached hydrogen (secondary N) is 1. The highest BCUT2D eigenvalue weighted by molar-refractivity contribution is 5.58. The highest BCUT2D eigenvalue weighted by atomic mass is 16.5. The van der Waals surface area contributed by atoms with Gasteiger partial charge in [0.2, 0.25) is 11.9 Å². The van der Waals surface area contributed by atoms with Crippen molar-refractivity contribution < 1.29 is 9.15 Å². The molecule has 1 fully saturated rings. The molecule has 0 bridgehead atoms. The van der Waals surface area contributed by atoms with E-state index >= 15 is 0 Å². The second-order valence-electron chi connectivity index (χ2n) is 6.80. The van der Waals surface area contributed by atoms with Gasteiger partial charge in [-0.1, -0.05) is 12.1 Å². The standard InChI is InChI=1S/C20H25N7O2/c1-28-17-7-3-2-6-16(17)27-10-8-26(9-11-27)14-18-23-19(21)25-20(24-18)22-13-15-5-4-12-29-15/h2-7,12H,8-11,13-14H2,1H3,(H3,21,22,23,24,25). The molecule has 1 aliphatic rings. The summed E-state index contributed by atoms with van der Waals surface area (Å²) >= 11 is 0. The van der Waals surface area contributed by atoms with Crippen molar-refractivity contribution in [3.8, 4) is 5.75 Å². The van der Waals surface area contributed by atoms with Crippen LogP contribution in [0.4, 0.5) is 17.6 Å². The smallest absolute Gasteiger partial charge is 0.228 e. The van der Waals surface area contributed by atoms with Gasteiger partial charge in [0.1, 0.15) is 17.3 Å². The number of piperazine rings is 1. The van der Waals surface area contributed by atoms with Gasteiger partial charge in [0.05, 0.1) is 32.1 Å². The Balaban J connectivity index is 1.35. The Bertz CT molecular complexity index is 924. The molecule has 29 heavy (non-hydrogen) atoms. The second-order valence-corrected chi connectivity index (χ2v) is 6.80. The first-order valence-electron chi connectivity index (χ1n) is 9.58. The van der Waals surface area contributed by atoms with Crippen LogP contribution in [0.1, 0.15) is 11.6 Å². The molecule has 0 unspecified atom stereocenters. The number of nitrogens with zero attached hydrogens (tertiary/aromatic N) is 5. The van der Waals surface area contributed by atoms with Crippen LogP contribution in [0, 0.1) is 0 Å². The number of anilines is 3. The molecule has 152 valence electrons. The molecule has 0 amide bonds. The molecule has 1 aliphatic heterocycles. The summed E-state index contributed by atoms with van der Waals surface area (Å²) in [5.74, 6) is 3.03. The Kier molecular flexibility index (Phi) is 5.76. The lowest BCUT2D eigenvalue weighted by Gasteiger charge is -2.36. The number of benzene rings is 1. The number of methoxy groups -OCH3 is 1. The number of nitrogens with two attached hydrogens (primary N) is 1. The first-order chi connectivity index (χ1) is 14.2. The number of rotatable bonds is 7. The number of hydrogen-bond donors (Lipinski definition) is 2. The summed E-state index contributed by atoms with van der Waals surface area (Å²) in [5, 5.41) is 3.13. The third kappa shape index (κ3) is 4.75. The number of para-hydroxylation sites is 2. The number of ether oxygens (including phenoxy) is 1. The Morgan fingerprint density at radius 3 is 2.66 bits per heavy atom. The first kappa shape index (κ1) is 19.0. The molecule has 3 N–H and O–H groups in total. The highest BCUT2D eigenvalue weighted by Crippen LogP contribution is 2.28. The maximum Gasteiger partial charge on any atom is 0.228 e. The third-order valence-corrected chi connectivity index (χ3v) is 4.86. The molecule has 2 aromatic heterocycles. The van der Waals surface area contributed by atoms with E-state index in [0.717, 1.165) is 43.4 Å². The fraction of sp³-hybridized carbons (Fsp3) is 0.350. The summed E-state index contributed by atoms with van der Waals surface area (Å²) in [6.07, 6.45) is 1.63. The van der Waals surface area contributed by atoms with E-state index in [1.165, 1.54) is 0 Å². The molecular weight excluding hydrogens is 370 g/mol.